The van der Waals surface area contributed by atoms with Gasteiger partial charge in [-0.2, -0.15) is 0 Å². The summed E-state index contributed by atoms with van der Waals surface area (Å²) >= 11 is 0. The summed E-state index contributed by atoms with van der Waals surface area (Å²) in [6.07, 6.45) is 0. The molecule has 0 saturated carbocycles. The number of furan rings is 4. The highest BCUT2D eigenvalue weighted by Gasteiger charge is 2.20. The Balaban J connectivity index is 0.704. The van der Waals surface area contributed by atoms with Gasteiger partial charge in [0.1, 0.15) is 44.7 Å². The van der Waals surface area contributed by atoms with Gasteiger partial charge in [0.2, 0.25) is 0 Å². The SMILES string of the molecule is c1ccc2c(c1)c1ccccc1n2-c1ccc2oc3cc4c(cc3c2c1)oc1ccc(-c2ccc(-c3ccc5oc6cc7c(cc6c5c3)oc3ccc(-n5c6ccccc6c6ccccc65)cc37)cc2)cc14. The van der Waals surface area contributed by atoms with Crippen LogP contribution in [-0.2, 0) is 0 Å². The molecule has 0 bridgehead atoms. The minimum Gasteiger partial charge on any atom is -0.456 e. The third-order valence-electron chi connectivity index (χ3n) is 15.3. The summed E-state index contributed by atoms with van der Waals surface area (Å²) in [7, 11) is 0. The van der Waals surface area contributed by atoms with E-state index >= 15 is 0 Å². The van der Waals surface area contributed by atoms with Crippen LogP contribution >= 0.6 is 0 Å². The van der Waals surface area contributed by atoms with Crippen molar-refractivity contribution in [1.82, 2.24) is 9.13 Å². The molecule has 17 aromatic rings. The van der Waals surface area contributed by atoms with E-state index in [2.05, 4.69) is 228 Å². The summed E-state index contributed by atoms with van der Waals surface area (Å²) < 4.78 is 30.9. The molecule has 0 radical (unpaired) electrons. The van der Waals surface area contributed by atoms with Crippen molar-refractivity contribution in [2.75, 3.05) is 0 Å². The zero-order chi connectivity index (χ0) is 46.8. The normalized spacial score (nSPS) is 12.4. The van der Waals surface area contributed by atoms with E-state index in [1.54, 1.807) is 0 Å². The van der Waals surface area contributed by atoms with E-state index in [1.807, 2.05) is 0 Å². The molecule has 17 rings (SSSR count). The average molecular weight is 921 g/mol. The lowest BCUT2D eigenvalue weighted by Gasteiger charge is -2.07. The third-order valence-corrected chi connectivity index (χ3v) is 15.3. The Labute approximate surface area is 408 Å². The van der Waals surface area contributed by atoms with E-state index in [0.717, 1.165) is 121 Å². The quantitative estimate of drug-likeness (QED) is 0.176. The van der Waals surface area contributed by atoms with E-state index in [4.69, 9.17) is 17.7 Å². The molecule has 6 nitrogen and oxygen atoms in total. The molecule has 0 spiro atoms. The summed E-state index contributed by atoms with van der Waals surface area (Å²) in [6.45, 7) is 0. The van der Waals surface area contributed by atoms with Gasteiger partial charge in [-0.1, -0.05) is 109 Å². The van der Waals surface area contributed by atoms with E-state index in [-0.39, 0.29) is 0 Å². The number of hydrogen-bond acceptors (Lipinski definition) is 4. The first-order chi connectivity index (χ1) is 35.6. The number of fused-ring (bicyclic) bond motifs is 18. The third kappa shape index (κ3) is 5.27. The first-order valence-corrected chi connectivity index (χ1v) is 24.4. The average Bonchev–Trinajstić information content (AvgIpc) is 4.28. The summed E-state index contributed by atoms with van der Waals surface area (Å²) in [4.78, 5) is 0. The van der Waals surface area contributed by atoms with Gasteiger partial charge < -0.3 is 26.8 Å². The van der Waals surface area contributed by atoms with Gasteiger partial charge in [0.05, 0.1) is 22.1 Å². The summed E-state index contributed by atoms with van der Waals surface area (Å²) in [6, 6.07) is 77.7. The van der Waals surface area contributed by atoms with Crippen molar-refractivity contribution >= 4 is 131 Å². The monoisotopic (exact) mass is 920 g/mol. The molecule has 0 fully saturated rings. The van der Waals surface area contributed by atoms with Crippen LogP contribution in [0.15, 0.2) is 236 Å². The molecular weight excluding hydrogens is 885 g/mol. The van der Waals surface area contributed by atoms with Crippen molar-refractivity contribution in [1.29, 1.82) is 0 Å². The molecule has 0 aliphatic rings. The van der Waals surface area contributed by atoms with Crippen molar-refractivity contribution in [3.63, 3.8) is 0 Å². The maximum atomic E-state index is 6.55. The molecule has 0 aliphatic heterocycles. The Morgan fingerprint density at radius 3 is 0.792 bits per heavy atom. The largest absolute Gasteiger partial charge is 0.456 e. The summed E-state index contributed by atoms with van der Waals surface area (Å²) in [5, 5.41) is 13.3. The van der Waals surface area contributed by atoms with Crippen LogP contribution in [0.5, 0.6) is 0 Å². The zero-order valence-corrected chi connectivity index (χ0v) is 38.3. The van der Waals surface area contributed by atoms with Crippen LogP contribution in [-0.4, -0.2) is 9.13 Å². The number of benzene rings is 11. The van der Waals surface area contributed by atoms with Crippen LogP contribution in [0.3, 0.4) is 0 Å². The van der Waals surface area contributed by atoms with Gasteiger partial charge in [-0.05, 0) is 131 Å². The second kappa shape index (κ2) is 13.9. The highest BCUT2D eigenvalue weighted by atomic mass is 16.3. The van der Waals surface area contributed by atoms with Crippen LogP contribution in [0.25, 0.3) is 165 Å². The van der Waals surface area contributed by atoms with Crippen LogP contribution in [0.2, 0.25) is 0 Å². The number of nitrogens with zero attached hydrogens (tertiary/aromatic N) is 2. The number of aromatic nitrogens is 2. The van der Waals surface area contributed by atoms with Gasteiger partial charge >= 0.3 is 0 Å². The number of hydrogen-bond donors (Lipinski definition) is 0. The van der Waals surface area contributed by atoms with Gasteiger partial charge in [0.15, 0.2) is 0 Å². The Morgan fingerprint density at radius 2 is 0.458 bits per heavy atom. The molecule has 6 heterocycles. The minimum absolute atomic E-state index is 0.836. The lowest BCUT2D eigenvalue weighted by molar-refractivity contribution is 0.664. The first-order valence-electron chi connectivity index (χ1n) is 24.4. The molecule has 334 valence electrons. The van der Waals surface area contributed by atoms with E-state index in [9.17, 15) is 0 Å². The standard InChI is InChI=1S/C66H36N2O4/c1-5-13-55-43(9-1)44-10-2-6-14-56(44)67(55)41-23-27-61-49(31-41)53-35-63-51(33-65(53)71-61)47-29-39(21-25-59(47)69-63)37-17-19-38(20-18-37)40-22-26-60-48(30-40)52-34-66-54(36-64(52)70-60)50-32-42(24-28-62(50)72-66)68-57-15-7-3-11-45(57)46-12-4-8-16-58(46)68/h1-36H. The molecule has 0 amide bonds. The molecular formula is C66H36N2O4. The predicted octanol–water partition coefficient (Wildman–Crippen LogP) is 18.8. The molecule has 72 heavy (non-hydrogen) atoms. The summed E-state index contributed by atoms with van der Waals surface area (Å²) in [5.41, 5.74) is 18.1. The molecule has 6 heteroatoms. The molecule has 0 aliphatic carbocycles. The molecule has 0 unspecified atom stereocenters. The van der Waals surface area contributed by atoms with Gasteiger partial charge in [0, 0.05) is 76.0 Å². The first kappa shape index (κ1) is 38.1. The fraction of sp³-hybridized carbons (Fsp3) is 0. The second-order valence-corrected chi connectivity index (χ2v) is 19.2. The van der Waals surface area contributed by atoms with Crippen molar-refractivity contribution in [3.05, 3.63) is 218 Å². The Bertz CT molecular complexity index is 4740. The molecule has 6 aromatic heterocycles. The molecule has 11 aromatic carbocycles. The Hall–Kier alpha value is -9.78. The molecule has 0 saturated heterocycles. The second-order valence-electron chi connectivity index (χ2n) is 19.2. The highest BCUT2D eigenvalue weighted by molar-refractivity contribution is 6.18. The van der Waals surface area contributed by atoms with Crippen molar-refractivity contribution < 1.29 is 17.7 Å². The van der Waals surface area contributed by atoms with Crippen molar-refractivity contribution in [3.8, 4) is 33.6 Å². The molecule has 0 atom stereocenters. The van der Waals surface area contributed by atoms with Crippen molar-refractivity contribution in [2.45, 2.75) is 0 Å². The van der Waals surface area contributed by atoms with Crippen LogP contribution in [0.1, 0.15) is 0 Å². The lowest BCUT2D eigenvalue weighted by atomic mass is 9.98. The van der Waals surface area contributed by atoms with Crippen LogP contribution < -0.4 is 0 Å². The topological polar surface area (TPSA) is 62.4 Å². The number of para-hydroxylation sites is 4. The maximum absolute atomic E-state index is 6.55. The fourth-order valence-electron chi connectivity index (χ4n) is 12.0. The van der Waals surface area contributed by atoms with E-state index < -0.39 is 0 Å². The molecule has 0 N–H and O–H groups in total. The van der Waals surface area contributed by atoms with Crippen molar-refractivity contribution in [2.24, 2.45) is 0 Å². The van der Waals surface area contributed by atoms with E-state index in [0.29, 0.717) is 0 Å². The smallest absolute Gasteiger partial charge is 0.136 e. The summed E-state index contributed by atoms with van der Waals surface area (Å²) in [5.74, 6) is 0. The van der Waals surface area contributed by atoms with Gasteiger partial charge in [0.25, 0.3) is 0 Å². The predicted molar refractivity (Wildman–Crippen MR) is 295 cm³/mol. The van der Waals surface area contributed by atoms with Crippen LogP contribution in [0.4, 0.5) is 0 Å². The van der Waals surface area contributed by atoms with Gasteiger partial charge in [-0.3, -0.25) is 0 Å². The minimum atomic E-state index is 0.836. The van der Waals surface area contributed by atoms with Crippen LogP contribution in [0, 0.1) is 0 Å². The fourth-order valence-corrected chi connectivity index (χ4v) is 12.0. The van der Waals surface area contributed by atoms with Gasteiger partial charge in [-0.25, -0.2) is 0 Å². The number of rotatable bonds is 4. The lowest BCUT2D eigenvalue weighted by Crippen LogP contribution is -1.93. The van der Waals surface area contributed by atoms with E-state index in [1.165, 1.54) is 43.6 Å². The van der Waals surface area contributed by atoms with Gasteiger partial charge in [-0.15, -0.1) is 0 Å². The Kier molecular flexibility index (Phi) is 7.38. The maximum Gasteiger partial charge on any atom is 0.136 e. The Morgan fingerprint density at radius 1 is 0.194 bits per heavy atom. The highest BCUT2D eigenvalue weighted by Crippen LogP contribution is 2.43. The zero-order valence-electron chi connectivity index (χ0n) is 38.3.